The lowest BCUT2D eigenvalue weighted by molar-refractivity contribution is -0.132. The number of carbonyl (C=O) groups is 1. The highest BCUT2D eigenvalue weighted by atomic mass is 16.2. The zero-order chi connectivity index (χ0) is 11.7. The highest BCUT2D eigenvalue weighted by Gasteiger charge is 2.18. The highest BCUT2D eigenvalue weighted by Crippen LogP contribution is 2.03. The van der Waals surface area contributed by atoms with Crippen LogP contribution in [-0.2, 0) is 4.79 Å². The minimum Gasteiger partial charge on any atom is -0.338 e. The van der Waals surface area contributed by atoms with Gasteiger partial charge in [0.05, 0.1) is 6.04 Å². The maximum absolute atomic E-state index is 11.9. The Hall–Kier alpha value is -0.830. The van der Waals surface area contributed by atoms with E-state index in [1.165, 1.54) is 0 Å². The molecule has 0 rings (SSSR count). The lowest BCUT2D eigenvalue weighted by atomic mass is 10.1. The minimum absolute atomic E-state index is 0.0604. The van der Waals surface area contributed by atoms with Crippen LogP contribution < -0.4 is 5.73 Å². The maximum atomic E-state index is 11.9. The van der Waals surface area contributed by atoms with E-state index in [1.54, 1.807) is 11.0 Å². The van der Waals surface area contributed by atoms with Crippen LogP contribution >= 0.6 is 0 Å². The van der Waals surface area contributed by atoms with Gasteiger partial charge < -0.3 is 10.6 Å². The summed E-state index contributed by atoms with van der Waals surface area (Å²) >= 11 is 0. The number of carbonyl (C=O) groups excluding carboxylic acids is 1. The van der Waals surface area contributed by atoms with Crippen LogP contribution in [0.3, 0.4) is 0 Å². The summed E-state index contributed by atoms with van der Waals surface area (Å²) < 4.78 is 0. The van der Waals surface area contributed by atoms with E-state index in [1.807, 2.05) is 0 Å². The molecule has 3 nitrogen and oxygen atoms in total. The fourth-order valence-electron chi connectivity index (χ4n) is 1.50. The van der Waals surface area contributed by atoms with Crippen molar-refractivity contribution < 1.29 is 4.79 Å². The molecule has 0 bridgehead atoms. The predicted molar refractivity (Wildman–Crippen MR) is 64.6 cm³/mol. The molecule has 1 unspecified atom stereocenters. The van der Waals surface area contributed by atoms with Gasteiger partial charge in [-0.25, -0.2) is 0 Å². The average molecular weight is 212 g/mol. The Balaban J connectivity index is 4.14. The summed E-state index contributed by atoms with van der Waals surface area (Å²) in [5.74, 6) is 0.0604. The van der Waals surface area contributed by atoms with Crippen molar-refractivity contribution in [1.29, 1.82) is 0 Å². The number of nitrogens with two attached hydrogens (primary N) is 1. The molecule has 0 heterocycles. The first kappa shape index (κ1) is 14.2. The Morgan fingerprint density at radius 1 is 1.47 bits per heavy atom. The molecular formula is C12H24N2O. The predicted octanol–water partition coefficient (Wildman–Crippen LogP) is 1.93. The van der Waals surface area contributed by atoms with Crippen molar-refractivity contribution in [3.8, 4) is 0 Å². The molecule has 0 aliphatic carbocycles. The first-order chi connectivity index (χ1) is 7.17. The van der Waals surface area contributed by atoms with E-state index in [9.17, 15) is 4.79 Å². The van der Waals surface area contributed by atoms with Gasteiger partial charge in [-0.1, -0.05) is 32.8 Å². The van der Waals surface area contributed by atoms with Gasteiger partial charge in [-0.05, 0) is 12.8 Å². The van der Waals surface area contributed by atoms with Gasteiger partial charge in [0.15, 0.2) is 0 Å². The summed E-state index contributed by atoms with van der Waals surface area (Å²) in [4.78, 5) is 13.7. The Kier molecular flexibility index (Phi) is 8.01. The van der Waals surface area contributed by atoms with Crippen LogP contribution in [0.5, 0.6) is 0 Å². The van der Waals surface area contributed by atoms with Crippen molar-refractivity contribution in [3.05, 3.63) is 12.7 Å². The lowest BCUT2D eigenvalue weighted by Crippen LogP contribution is -2.44. The van der Waals surface area contributed by atoms with Gasteiger partial charge in [0.25, 0.3) is 0 Å². The van der Waals surface area contributed by atoms with Crippen LogP contribution in [0.4, 0.5) is 0 Å². The molecule has 88 valence electrons. The number of rotatable bonds is 8. The molecule has 3 heteroatoms. The van der Waals surface area contributed by atoms with E-state index in [-0.39, 0.29) is 11.9 Å². The summed E-state index contributed by atoms with van der Waals surface area (Å²) in [6.45, 7) is 9.18. The third kappa shape index (κ3) is 5.57. The Morgan fingerprint density at radius 3 is 2.60 bits per heavy atom. The van der Waals surface area contributed by atoms with Gasteiger partial charge in [-0.2, -0.15) is 0 Å². The van der Waals surface area contributed by atoms with Gasteiger partial charge in [0.2, 0.25) is 5.91 Å². The summed E-state index contributed by atoms with van der Waals surface area (Å²) in [7, 11) is 0. The molecule has 0 saturated heterocycles. The van der Waals surface area contributed by atoms with Gasteiger partial charge in [0, 0.05) is 13.1 Å². The zero-order valence-corrected chi connectivity index (χ0v) is 10.0. The normalized spacial score (nSPS) is 12.2. The molecule has 0 aliphatic rings. The number of hydrogen-bond acceptors (Lipinski definition) is 2. The van der Waals surface area contributed by atoms with Crippen molar-refractivity contribution in [2.45, 2.75) is 45.6 Å². The summed E-state index contributed by atoms with van der Waals surface area (Å²) in [5.41, 5.74) is 5.84. The molecule has 0 fully saturated rings. The van der Waals surface area contributed by atoms with E-state index in [2.05, 4.69) is 20.4 Å². The fourth-order valence-corrected chi connectivity index (χ4v) is 1.50. The topological polar surface area (TPSA) is 46.3 Å². The molecule has 0 aromatic heterocycles. The van der Waals surface area contributed by atoms with E-state index in [4.69, 9.17) is 5.73 Å². The Labute approximate surface area is 93.3 Å². The van der Waals surface area contributed by atoms with Crippen molar-refractivity contribution in [1.82, 2.24) is 4.90 Å². The molecule has 0 aromatic carbocycles. The first-order valence-corrected chi connectivity index (χ1v) is 5.82. The molecule has 0 aromatic rings. The molecule has 1 amide bonds. The zero-order valence-electron chi connectivity index (χ0n) is 10.0. The number of hydrogen-bond donors (Lipinski definition) is 1. The molecular weight excluding hydrogens is 188 g/mol. The second kappa shape index (κ2) is 8.48. The Bertz CT molecular complexity index is 192. The number of amides is 1. The van der Waals surface area contributed by atoms with Crippen LogP contribution in [0.15, 0.2) is 12.7 Å². The number of nitrogens with zero attached hydrogens (tertiary/aromatic N) is 1. The number of unbranched alkanes of at least 4 members (excludes halogenated alkanes) is 1. The average Bonchev–Trinajstić information content (AvgIpc) is 2.24. The largest absolute Gasteiger partial charge is 0.338 e. The van der Waals surface area contributed by atoms with Gasteiger partial charge >= 0.3 is 0 Å². The van der Waals surface area contributed by atoms with Crippen molar-refractivity contribution >= 4 is 5.91 Å². The van der Waals surface area contributed by atoms with Gasteiger partial charge in [0.1, 0.15) is 0 Å². The fraction of sp³-hybridized carbons (Fsp3) is 0.750. The lowest BCUT2D eigenvalue weighted by Gasteiger charge is -2.23. The molecule has 0 saturated carbocycles. The third-order valence-electron chi connectivity index (χ3n) is 2.34. The van der Waals surface area contributed by atoms with Gasteiger partial charge in [-0.15, -0.1) is 6.58 Å². The second-order valence-electron chi connectivity index (χ2n) is 3.82. The van der Waals surface area contributed by atoms with Crippen molar-refractivity contribution in [3.63, 3.8) is 0 Å². The van der Waals surface area contributed by atoms with Crippen molar-refractivity contribution in [2.75, 3.05) is 13.1 Å². The van der Waals surface area contributed by atoms with Crippen LogP contribution in [0.2, 0.25) is 0 Å². The summed E-state index contributed by atoms with van der Waals surface area (Å²) in [6, 6.07) is -0.337. The Morgan fingerprint density at radius 2 is 2.13 bits per heavy atom. The highest BCUT2D eigenvalue weighted by molar-refractivity contribution is 5.81. The molecule has 0 spiro atoms. The second-order valence-corrected chi connectivity index (χ2v) is 3.82. The maximum Gasteiger partial charge on any atom is 0.239 e. The first-order valence-electron chi connectivity index (χ1n) is 5.82. The van der Waals surface area contributed by atoms with Crippen LogP contribution in [0, 0.1) is 0 Å². The quantitative estimate of drug-likeness (QED) is 0.625. The van der Waals surface area contributed by atoms with E-state index in [0.29, 0.717) is 6.54 Å². The van der Waals surface area contributed by atoms with E-state index in [0.717, 1.165) is 32.2 Å². The molecule has 2 N–H and O–H groups in total. The van der Waals surface area contributed by atoms with Crippen molar-refractivity contribution in [2.24, 2.45) is 5.73 Å². The monoisotopic (exact) mass is 212 g/mol. The smallest absolute Gasteiger partial charge is 0.239 e. The van der Waals surface area contributed by atoms with Crippen LogP contribution in [0.1, 0.15) is 39.5 Å². The van der Waals surface area contributed by atoms with E-state index < -0.39 is 0 Å². The summed E-state index contributed by atoms with van der Waals surface area (Å²) in [6.07, 6.45) is 5.59. The minimum atomic E-state index is -0.337. The molecule has 1 atom stereocenters. The third-order valence-corrected chi connectivity index (χ3v) is 2.34. The van der Waals surface area contributed by atoms with Crippen LogP contribution in [-0.4, -0.2) is 29.9 Å². The molecule has 0 aliphatic heterocycles. The SMILES string of the molecule is C=CCN(CCC)C(=O)C(N)CCCC. The molecule has 15 heavy (non-hydrogen) atoms. The standard InChI is InChI=1S/C12H24N2O/c1-4-7-8-11(13)12(15)14(9-5-2)10-6-3/h5,11H,2,4,6-10,13H2,1,3H3. The van der Waals surface area contributed by atoms with Gasteiger partial charge in [-0.3, -0.25) is 4.79 Å². The molecule has 0 radical (unpaired) electrons. The summed E-state index contributed by atoms with van der Waals surface area (Å²) in [5, 5.41) is 0. The van der Waals surface area contributed by atoms with Crippen LogP contribution in [0.25, 0.3) is 0 Å². The van der Waals surface area contributed by atoms with E-state index >= 15 is 0 Å².